The van der Waals surface area contributed by atoms with Crippen molar-refractivity contribution >= 4 is 17.5 Å². The lowest BCUT2D eigenvalue weighted by Gasteiger charge is -2.29. The van der Waals surface area contributed by atoms with E-state index >= 15 is 0 Å². The number of anilines is 1. The van der Waals surface area contributed by atoms with Crippen molar-refractivity contribution in [3.8, 4) is 0 Å². The van der Waals surface area contributed by atoms with E-state index in [-0.39, 0.29) is 30.7 Å². The lowest BCUT2D eigenvalue weighted by atomic mass is 9.86. The maximum absolute atomic E-state index is 13.0. The fraction of sp³-hybridized carbons (Fsp3) is 0.600. The number of quaternary nitrogens is 1. The van der Waals surface area contributed by atoms with Gasteiger partial charge in [0.25, 0.3) is 11.8 Å². The molecule has 0 heterocycles. The van der Waals surface area contributed by atoms with Crippen LogP contribution in [0.2, 0.25) is 0 Å². The number of amides is 2. The predicted molar refractivity (Wildman–Crippen MR) is 101 cm³/mol. The van der Waals surface area contributed by atoms with Gasteiger partial charge in [-0.15, -0.1) is 0 Å². The molecule has 0 spiro atoms. The summed E-state index contributed by atoms with van der Waals surface area (Å²) in [6.45, 7) is 4.52. The van der Waals surface area contributed by atoms with Crippen LogP contribution in [0.15, 0.2) is 24.3 Å². The van der Waals surface area contributed by atoms with Gasteiger partial charge >= 0.3 is 6.18 Å². The number of nitrogens with one attached hydrogen (secondary N) is 3. The van der Waals surface area contributed by atoms with E-state index in [1.54, 1.807) is 0 Å². The van der Waals surface area contributed by atoms with E-state index in [4.69, 9.17) is 0 Å². The number of hydrogen-bond donors (Lipinski definition) is 3. The summed E-state index contributed by atoms with van der Waals surface area (Å²) in [5.74, 6) is -0.239. The highest BCUT2D eigenvalue weighted by molar-refractivity contribution is 5.92. The molecule has 2 amide bonds. The van der Waals surface area contributed by atoms with Crippen LogP contribution >= 0.6 is 0 Å². The minimum atomic E-state index is -4.54. The zero-order chi connectivity index (χ0) is 20.7. The molecule has 1 aromatic rings. The summed E-state index contributed by atoms with van der Waals surface area (Å²) in [4.78, 5) is 25.3. The van der Waals surface area contributed by atoms with Crippen LogP contribution in [0.1, 0.15) is 45.1 Å². The molecule has 1 saturated carbocycles. The molecule has 1 fully saturated rings. The molecule has 28 heavy (non-hydrogen) atoms. The molecular weight excluding hydrogens is 371 g/mol. The van der Waals surface area contributed by atoms with Crippen molar-refractivity contribution in [2.24, 2.45) is 5.92 Å². The van der Waals surface area contributed by atoms with Crippen LogP contribution in [0.5, 0.6) is 0 Å². The Morgan fingerprint density at radius 1 is 1.11 bits per heavy atom. The van der Waals surface area contributed by atoms with Crippen LogP contribution in [-0.4, -0.2) is 37.5 Å². The number of hydrogen-bond acceptors (Lipinski definition) is 2. The van der Waals surface area contributed by atoms with E-state index in [0.717, 1.165) is 25.3 Å². The van der Waals surface area contributed by atoms with Crippen molar-refractivity contribution in [3.05, 3.63) is 29.8 Å². The summed E-state index contributed by atoms with van der Waals surface area (Å²) < 4.78 is 39.1. The minimum absolute atomic E-state index is 0.0731. The van der Waals surface area contributed by atoms with Crippen molar-refractivity contribution in [2.45, 2.75) is 51.7 Å². The molecule has 156 valence electrons. The Kier molecular flexibility index (Phi) is 7.86. The van der Waals surface area contributed by atoms with Gasteiger partial charge in [-0.2, -0.15) is 13.2 Å². The van der Waals surface area contributed by atoms with Gasteiger partial charge in [-0.3, -0.25) is 9.59 Å². The van der Waals surface area contributed by atoms with Gasteiger partial charge in [-0.05, 0) is 37.8 Å². The zero-order valence-corrected chi connectivity index (χ0v) is 16.4. The van der Waals surface area contributed by atoms with Crippen molar-refractivity contribution in [1.29, 1.82) is 0 Å². The Balaban J connectivity index is 1.90. The average Bonchev–Trinajstić information content (AvgIpc) is 2.62. The molecule has 0 aliphatic heterocycles. The van der Waals surface area contributed by atoms with E-state index in [9.17, 15) is 22.8 Å². The molecule has 3 N–H and O–H groups in total. The first kappa shape index (κ1) is 22.2. The monoisotopic (exact) mass is 400 g/mol. The van der Waals surface area contributed by atoms with Crippen molar-refractivity contribution in [3.63, 3.8) is 0 Å². The van der Waals surface area contributed by atoms with Gasteiger partial charge < -0.3 is 15.5 Å². The number of benzene rings is 1. The van der Waals surface area contributed by atoms with E-state index in [1.807, 2.05) is 6.92 Å². The van der Waals surface area contributed by atoms with Crippen LogP contribution in [-0.2, 0) is 15.8 Å². The predicted octanol–water partition coefficient (Wildman–Crippen LogP) is 2.24. The van der Waals surface area contributed by atoms with Crippen LogP contribution in [0.25, 0.3) is 0 Å². The topological polar surface area (TPSA) is 62.6 Å². The second-order valence-electron chi connectivity index (χ2n) is 7.48. The molecule has 5 nitrogen and oxygen atoms in total. The summed E-state index contributed by atoms with van der Waals surface area (Å²) in [6.07, 6.45) is -0.211. The van der Waals surface area contributed by atoms with E-state index in [2.05, 4.69) is 17.6 Å². The first-order chi connectivity index (χ1) is 13.2. The van der Waals surface area contributed by atoms with Crippen LogP contribution in [0.3, 0.4) is 0 Å². The van der Waals surface area contributed by atoms with Crippen molar-refractivity contribution in [2.75, 3.05) is 25.0 Å². The van der Waals surface area contributed by atoms with E-state index in [1.165, 1.54) is 24.6 Å². The third-order valence-corrected chi connectivity index (χ3v) is 5.29. The molecule has 0 bridgehead atoms. The van der Waals surface area contributed by atoms with Crippen LogP contribution < -0.4 is 15.5 Å². The van der Waals surface area contributed by atoms with Gasteiger partial charge in [-0.25, -0.2) is 0 Å². The number of para-hydroxylation sites is 1. The Morgan fingerprint density at radius 3 is 2.39 bits per heavy atom. The maximum Gasteiger partial charge on any atom is 0.418 e. The molecule has 8 heteroatoms. The third-order valence-electron chi connectivity index (χ3n) is 5.29. The second kappa shape index (κ2) is 9.91. The first-order valence-corrected chi connectivity index (χ1v) is 9.79. The summed E-state index contributed by atoms with van der Waals surface area (Å²) in [5.41, 5.74) is -1.15. The number of alkyl halides is 3. The molecule has 2 rings (SSSR count). The number of rotatable bonds is 7. The molecule has 1 unspecified atom stereocenters. The quantitative estimate of drug-likeness (QED) is 0.657. The fourth-order valence-corrected chi connectivity index (χ4v) is 3.59. The second-order valence-corrected chi connectivity index (χ2v) is 7.48. The highest BCUT2D eigenvalue weighted by atomic mass is 19.4. The molecule has 1 aromatic carbocycles. The van der Waals surface area contributed by atoms with Crippen LogP contribution in [0, 0.1) is 5.92 Å². The van der Waals surface area contributed by atoms with Crippen molar-refractivity contribution < 1.29 is 27.7 Å². The SMILES string of the molecule is CC[NH+](CC(=O)Nc1ccccc1C(F)(F)F)CC(=O)N[C@@H]1CCCC[C@@H]1C. The van der Waals surface area contributed by atoms with E-state index in [0.29, 0.717) is 17.4 Å². The number of carbonyl (C=O) groups excluding carboxylic acids is 2. The normalized spacial score (nSPS) is 21.0. The molecule has 1 aliphatic rings. The summed E-state index contributed by atoms with van der Waals surface area (Å²) in [7, 11) is 0. The van der Waals surface area contributed by atoms with E-state index < -0.39 is 17.6 Å². The van der Waals surface area contributed by atoms with Gasteiger partial charge in [0, 0.05) is 6.04 Å². The molecule has 1 aliphatic carbocycles. The van der Waals surface area contributed by atoms with Gasteiger partial charge in [-0.1, -0.05) is 31.9 Å². The molecule has 3 atom stereocenters. The Bertz CT molecular complexity index is 679. The number of halogens is 3. The average molecular weight is 400 g/mol. The van der Waals surface area contributed by atoms with Gasteiger partial charge in [0.1, 0.15) is 0 Å². The Hall–Kier alpha value is -2.09. The lowest BCUT2D eigenvalue weighted by Crippen LogP contribution is -3.14. The zero-order valence-electron chi connectivity index (χ0n) is 16.4. The standard InChI is InChI=1S/C20H28F3N3O2/c1-3-26(12-18(27)24-16-10-6-4-8-14(16)2)13-19(28)25-17-11-7-5-9-15(17)20(21,22)23/h5,7,9,11,14,16H,3-4,6,8,10,12-13H2,1-2H3,(H,24,27)(H,25,28)/p+1/t14-,16+/m0/s1. The molecule has 0 radical (unpaired) electrons. The summed E-state index contributed by atoms with van der Waals surface area (Å²) >= 11 is 0. The smallest absolute Gasteiger partial charge is 0.348 e. The Morgan fingerprint density at radius 2 is 1.75 bits per heavy atom. The third kappa shape index (κ3) is 6.51. The minimum Gasteiger partial charge on any atom is -0.348 e. The Labute approximate surface area is 163 Å². The lowest BCUT2D eigenvalue weighted by molar-refractivity contribution is -0.881. The molecule has 0 saturated heterocycles. The number of carbonyl (C=O) groups is 2. The highest BCUT2D eigenvalue weighted by Crippen LogP contribution is 2.34. The molecular formula is C20H29F3N3O2+. The van der Waals surface area contributed by atoms with Gasteiger partial charge in [0.15, 0.2) is 13.1 Å². The summed E-state index contributed by atoms with van der Waals surface area (Å²) in [6, 6.07) is 5.03. The largest absolute Gasteiger partial charge is 0.418 e. The molecule has 0 aromatic heterocycles. The van der Waals surface area contributed by atoms with Gasteiger partial charge in [0.05, 0.1) is 17.8 Å². The van der Waals surface area contributed by atoms with Gasteiger partial charge in [0.2, 0.25) is 0 Å². The van der Waals surface area contributed by atoms with Crippen LogP contribution in [0.4, 0.5) is 18.9 Å². The highest BCUT2D eigenvalue weighted by Gasteiger charge is 2.34. The first-order valence-electron chi connectivity index (χ1n) is 9.79. The maximum atomic E-state index is 13.0. The number of likely N-dealkylation sites (N-methyl/N-ethyl adjacent to an activating group) is 1. The summed E-state index contributed by atoms with van der Waals surface area (Å²) in [5, 5.41) is 5.38. The van der Waals surface area contributed by atoms with Crippen molar-refractivity contribution in [1.82, 2.24) is 5.32 Å². The fourth-order valence-electron chi connectivity index (χ4n) is 3.59.